The van der Waals surface area contributed by atoms with Crippen LogP contribution in [-0.4, -0.2) is 37.7 Å². The Kier molecular flexibility index (Phi) is 7.69. The molecule has 0 amide bonds. The number of rotatable bonds is 9. The fourth-order valence-electron chi connectivity index (χ4n) is 3.69. The number of nitrogens with zero attached hydrogens (tertiary/aromatic N) is 4. The van der Waals surface area contributed by atoms with E-state index < -0.39 is 0 Å². The third kappa shape index (κ3) is 5.45. The maximum absolute atomic E-state index is 8.75. The summed E-state index contributed by atoms with van der Waals surface area (Å²) < 4.78 is 2.11. The molecule has 0 unspecified atom stereocenters. The van der Waals surface area contributed by atoms with Crippen LogP contribution in [0.25, 0.3) is 11.6 Å². The summed E-state index contributed by atoms with van der Waals surface area (Å²) in [5.41, 5.74) is 13.6. The first-order chi connectivity index (χ1) is 15.1. The highest BCUT2D eigenvalue weighted by Crippen LogP contribution is 2.31. The van der Waals surface area contributed by atoms with Crippen LogP contribution in [0.1, 0.15) is 31.0 Å². The predicted octanol–water partition coefficient (Wildman–Crippen LogP) is 4.53. The number of nitrogens with two attached hydrogens (primary N) is 1. The van der Waals surface area contributed by atoms with E-state index in [1.807, 2.05) is 33.5 Å². The Balaban J connectivity index is 1.81. The number of allylic oxidation sites excluding steroid dienone is 3. The number of benzene rings is 1. The molecule has 1 aliphatic rings. The van der Waals surface area contributed by atoms with Crippen LogP contribution >= 0.6 is 0 Å². The van der Waals surface area contributed by atoms with Crippen molar-refractivity contribution in [1.29, 1.82) is 5.26 Å². The molecule has 0 bridgehead atoms. The average molecular weight is 410 g/mol. The van der Waals surface area contributed by atoms with E-state index in [2.05, 4.69) is 70.9 Å². The van der Waals surface area contributed by atoms with Crippen LogP contribution in [0.5, 0.6) is 0 Å². The van der Waals surface area contributed by atoms with Gasteiger partial charge in [0.1, 0.15) is 0 Å². The Labute approximate surface area is 186 Å². The standard InChI is InChI=1S/C25H29BN5/c1-19-18-21(10-7-20-8-11-22(12-9-20)30(3)16-5-14-27)29-25(19)23(13-15-28)24-6-4-17-31(24)26-2/h4,6-12,17-18H,5,13,15-16,28H2,1-3H3/b10-7+,25-23-. The molecule has 2 N–H and O–H groups in total. The molecule has 31 heavy (non-hydrogen) atoms. The van der Waals surface area contributed by atoms with Crippen molar-refractivity contribution in [2.75, 3.05) is 25.0 Å². The lowest BCUT2D eigenvalue weighted by Crippen LogP contribution is -2.17. The molecule has 0 saturated heterocycles. The Morgan fingerprint density at radius 2 is 2.03 bits per heavy atom. The van der Waals surface area contributed by atoms with Crippen LogP contribution in [0.4, 0.5) is 5.69 Å². The van der Waals surface area contributed by atoms with Crippen molar-refractivity contribution >= 4 is 30.5 Å². The van der Waals surface area contributed by atoms with E-state index >= 15 is 0 Å². The smallest absolute Gasteiger partial charge is 0.248 e. The number of hydrogen-bond acceptors (Lipinski definition) is 4. The largest absolute Gasteiger partial charge is 0.397 e. The van der Waals surface area contributed by atoms with E-state index in [4.69, 9.17) is 16.0 Å². The summed E-state index contributed by atoms with van der Waals surface area (Å²) >= 11 is 0. The van der Waals surface area contributed by atoms with Gasteiger partial charge in [-0.3, -0.25) is 0 Å². The second kappa shape index (κ2) is 10.6. The second-order valence-corrected chi connectivity index (χ2v) is 7.54. The first-order valence-electron chi connectivity index (χ1n) is 10.6. The first kappa shape index (κ1) is 22.4. The van der Waals surface area contributed by atoms with Crippen LogP contribution in [0.15, 0.2) is 71.0 Å². The number of nitriles is 1. The van der Waals surface area contributed by atoms with Crippen LogP contribution in [0.2, 0.25) is 6.82 Å². The summed E-state index contributed by atoms with van der Waals surface area (Å²) in [5.74, 6) is 0. The van der Waals surface area contributed by atoms with Crippen LogP contribution < -0.4 is 10.6 Å². The molecular formula is C25H29BN5. The van der Waals surface area contributed by atoms with Crippen molar-refractivity contribution in [3.8, 4) is 6.07 Å². The summed E-state index contributed by atoms with van der Waals surface area (Å²) in [6.07, 6.45) is 9.60. The Hall–Kier alpha value is -3.30. The van der Waals surface area contributed by atoms with E-state index in [0.717, 1.165) is 46.9 Å². The van der Waals surface area contributed by atoms with Gasteiger partial charge < -0.3 is 15.1 Å². The van der Waals surface area contributed by atoms with Gasteiger partial charge in [-0.2, -0.15) is 5.26 Å². The zero-order chi connectivity index (χ0) is 22.2. The summed E-state index contributed by atoms with van der Waals surface area (Å²) in [7, 11) is 4.05. The van der Waals surface area contributed by atoms with Crippen molar-refractivity contribution < 1.29 is 0 Å². The van der Waals surface area contributed by atoms with Gasteiger partial charge in [-0.1, -0.05) is 25.0 Å². The van der Waals surface area contributed by atoms with E-state index in [1.54, 1.807) is 0 Å². The maximum Gasteiger partial charge on any atom is 0.248 e. The topological polar surface area (TPSA) is 70.3 Å². The molecule has 0 atom stereocenters. The average Bonchev–Trinajstić information content (AvgIpc) is 3.41. The molecule has 1 radical (unpaired) electrons. The minimum absolute atomic E-state index is 0.521. The van der Waals surface area contributed by atoms with E-state index in [1.165, 1.54) is 5.57 Å². The monoisotopic (exact) mass is 410 g/mol. The van der Waals surface area contributed by atoms with Crippen molar-refractivity contribution in [3.05, 3.63) is 77.3 Å². The maximum atomic E-state index is 8.75. The number of aliphatic imine (C=N–C) groups is 1. The molecule has 3 rings (SSSR count). The quantitative estimate of drug-likeness (QED) is 0.618. The molecule has 157 valence electrons. The Bertz CT molecular complexity index is 1060. The van der Waals surface area contributed by atoms with Crippen LogP contribution in [-0.2, 0) is 0 Å². The molecule has 0 spiro atoms. The van der Waals surface area contributed by atoms with Crippen molar-refractivity contribution in [2.45, 2.75) is 26.6 Å². The fourth-order valence-corrected chi connectivity index (χ4v) is 3.69. The lowest BCUT2D eigenvalue weighted by molar-refractivity contribution is 0.905. The van der Waals surface area contributed by atoms with Crippen molar-refractivity contribution in [2.24, 2.45) is 10.7 Å². The van der Waals surface area contributed by atoms with E-state index in [0.29, 0.717) is 13.0 Å². The van der Waals surface area contributed by atoms with Crippen LogP contribution in [0.3, 0.4) is 0 Å². The van der Waals surface area contributed by atoms with Gasteiger partial charge in [-0.25, -0.2) is 4.99 Å². The predicted molar refractivity (Wildman–Crippen MR) is 132 cm³/mol. The van der Waals surface area contributed by atoms with E-state index in [-0.39, 0.29) is 0 Å². The summed E-state index contributed by atoms with van der Waals surface area (Å²) in [6, 6.07) is 14.7. The zero-order valence-electron chi connectivity index (χ0n) is 18.5. The van der Waals surface area contributed by atoms with Gasteiger partial charge in [-0.05, 0) is 73.6 Å². The lowest BCUT2D eigenvalue weighted by atomic mass is 9.95. The molecule has 1 aromatic heterocycles. The number of anilines is 1. The summed E-state index contributed by atoms with van der Waals surface area (Å²) in [5, 5.41) is 8.75. The van der Waals surface area contributed by atoms with Gasteiger partial charge in [0.05, 0.1) is 23.9 Å². The number of hydrogen-bond donors (Lipinski definition) is 1. The molecule has 1 aliphatic heterocycles. The normalized spacial score (nSPS) is 14.9. The molecule has 6 heteroatoms. The highest BCUT2D eigenvalue weighted by molar-refractivity contribution is 6.32. The molecule has 5 nitrogen and oxygen atoms in total. The molecule has 2 aromatic rings. The van der Waals surface area contributed by atoms with Gasteiger partial charge in [0.25, 0.3) is 0 Å². The van der Waals surface area contributed by atoms with Gasteiger partial charge in [0, 0.05) is 30.5 Å². The molecule has 0 aliphatic carbocycles. The van der Waals surface area contributed by atoms with Crippen LogP contribution in [0, 0.1) is 11.3 Å². The summed E-state index contributed by atoms with van der Waals surface area (Å²) in [4.78, 5) is 7.00. The van der Waals surface area contributed by atoms with Gasteiger partial charge in [0.2, 0.25) is 7.41 Å². The Morgan fingerprint density at radius 1 is 1.26 bits per heavy atom. The first-order valence-corrected chi connectivity index (χ1v) is 10.6. The Morgan fingerprint density at radius 3 is 2.71 bits per heavy atom. The fraction of sp³-hybridized carbons (Fsp3) is 0.280. The SMILES string of the molecule is C[B]n1cccc1/C(CCN)=C1N=C(/C=C/c2ccc(N(C)CCC#N)cc2)C=C\1C. The van der Waals surface area contributed by atoms with E-state index in [9.17, 15) is 0 Å². The van der Waals surface area contributed by atoms with Crippen molar-refractivity contribution in [3.63, 3.8) is 0 Å². The zero-order valence-corrected chi connectivity index (χ0v) is 18.5. The number of aromatic nitrogens is 1. The highest BCUT2D eigenvalue weighted by atomic mass is 15.1. The highest BCUT2D eigenvalue weighted by Gasteiger charge is 2.17. The molecule has 2 heterocycles. The molecule has 0 fully saturated rings. The summed E-state index contributed by atoms with van der Waals surface area (Å²) in [6.45, 7) is 5.43. The molecular weight excluding hydrogens is 381 g/mol. The molecule has 0 saturated carbocycles. The third-order valence-corrected chi connectivity index (χ3v) is 5.36. The second-order valence-electron chi connectivity index (χ2n) is 7.54. The molecule has 1 aromatic carbocycles. The van der Waals surface area contributed by atoms with Gasteiger partial charge >= 0.3 is 0 Å². The third-order valence-electron chi connectivity index (χ3n) is 5.36. The lowest BCUT2D eigenvalue weighted by Gasteiger charge is -2.17. The minimum Gasteiger partial charge on any atom is -0.397 e. The minimum atomic E-state index is 0.521. The van der Waals surface area contributed by atoms with Crippen molar-refractivity contribution in [1.82, 2.24) is 4.48 Å². The van der Waals surface area contributed by atoms with Gasteiger partial charge in [-0.15, -0.1) is 0 Å². The van der Waals surface area contributed by atoms with Gasteiger partial charge in [0.15, 0.2) is 0 Å².